The van der Waals surface area contributed by atoms with Gasteiger partial charge < -0.3 is 10.0 Å². The van der Waals surface area contributed by atoms with E-state index in [1.54, 1.807) is 0 Å². The quantitative estimate of drug-likeness (QED) is 0.723. The molecule has 0 saturated carbocycles. The molecule has 0 spiro atoms. The average molecular weight is 263 g/mol. The molecule has 19 heavy (non-hydrogen) atoms. The summed E-state index contributed by atoms with van der Waals surface area (Å²) in [5.41, 5.74) is 2.58. The minimum absolute atomic E-state index is 0.265. The van der Waals surface area contributed by atoms with Crippen LogP contribution in [0.15, 0.2) is 24.3 Å². The van der Waals surface area contributed by atoms with Crippen molar-refractivity contribution in [1.29, 1.82) is 0 Å². The summed E-state index contributed by atoms with van der Waals surface area (Å²) in [5.74, 6) is -0.101. The Bertz CT molecular complexity index is 386. The lowest BCUT2D eigenvalue weighted by Gasteiger charge is -2.20. The second kappa shape index (κ2) is 7.82. The molecule has 0 amide bonds. The highest BCUT2D eigenvalue weighted by Gasteiger charge is 2.05. The lowest BCUT2D eigenvalue weighted by molar-refractivity contribution is -0.137. The highest BCUT2D eigenvalue weighted by molar-refractivity contribution is 5.66. The normalized spacial score (nSPS) is 12.2. The summed E-state index contributed by atoms with van der Waals surface area (Å²) in [6.07, 6.45) is 3.08. The second-order valence-electron chi connectivity index (χ2n) is 5.17. The van der Waals surface area contributed by atoms with Crippen LogP contribution >= 0.6 is 0 Å². The van der Waals surface area contributed by atoms with Gasteiger partial charge in [0.05, 0.1) is 0 Å². The third-order valence-electron chi connectivity index (χ3n) is 3.65. The first-order valence-electron chi connectivity index (χ1n) is 7.07. The van der Waals surface area contributed by atoms with Crippen LogP contribution in [0.5, 0.6) is 0 Å². The van der Waals surface area contributed by atoms with E-state index in [9.17, 15) is 4.79 Å². The molecule has 0 saturated heterocycles. The molecule has 106 valence electrons. The van der Waals surface area contributed by atoms with Crippen LogP contribution in [-0.4, -0.2) is 24.7 Å². The van der Waals surface area contributed by atoms with Gasteiger partial charge in [0.2, 0.25) is 0 Å². The monoisotopic (exact) mass is 263 g/mol. The van der Waals surface area contributed by atoms with Gasteiger partial charge in [-0.3, -0.25) is 4.79 Å². The smallest absolute Gasteiger partial charge is 0.303 e. The van der Waals surface area contributed by atoms with E-state index < -0.39 is 5.97 Å². The molecule has 3 heteroatoms. The fraction of sp³-hybridized carbons (Fsp3) is 0.562. The molecule has 1 aromatic rings. The summed E-state index contributed by atoms with van der Waals surface area (Å²) in [6, 6.07) is 8.69. The van der Waals surface area contributed by atoms with Gasteiger partial charge in [-0.2, -0.15) is 0 Å². The van der Waals surface area contributed by atoms with Crippen molar-refractivity contribution in [3.05, 3.63) is 29.8 Å². The molecule has 1 N–H and O–H groups in total. The van der Waals surface area contributed by atoms with Gasteiger partial charge in [0.15, 0.2) is 0 Å². The number of hydrogen-bond acceptors (Lipinski definition) is 2. The molecular weight excluding hydrogens is 238 g/mol. The minimum Gasteiger partial charge on any atom is -0.481 e. The highest BCUT2D eigenvalue weighted by Crippen LogP contribution is 2.22. The average Bonchev–Trinajstić information content (AvgIpc) is 2.42. The number of carbonyl (C=O) groups is 1. The third kappa shape index (κ3) is 5.33. The summed E-state index contributed by atoms with van der Waals surface area (Å²) in [7, 11) is 2.05. The Kier molecular flexibility index (Phi) is 6.40. The number of carboxylic acid groups (broad SMARTS) is 1. The summed E-state index contributed by atoms with van der Waals surface area (Å²) in [4.78, 5) is 12.6. The molecule has 0 heterocycles. The summed E-state index contributed by atoms with van der Waals surface area (Å²) in [6.45, 7) is 5.34. The van der Waals surface area contributed by atoms with Crippen LogP contribution in [0.3, 0.4) is 0 Å². The standard InChI is InChI=1S/C16H25NO2/c1-4-13(2)14-8-10-15(11-9-14)17(3)12-6-5-7-16(18)19/h8-11,13H,4-7,12H2,1-3H3,(H,18,19). The number of nitrogens with zero attached hydrogens (tertiary/aromatic N) is 1. The predicted molar refractivity (Wildman–Crippen MR) is 79.9 cm³/mol. The Labute approximate surface area is 116 Å². The van der Waals surface area contributed by atoms with E-state index >= 15 is 0 Å². The third-order valence-corrected chi connectivity index (χ3v) is 3.65. The summed E-state index contributed by atoms with van der Waals surface area (Å²) in [5, 5.41) is 8.59. The number of unbranched alkanes of at least 4 members (excludes halogenated alkanes) is 1. The second-order valence-corrected chi connectivity index (χ2v) is 5.17. The fourth-order valence-electron chi connectivity index (χ4n) is 2.05. The van der Waals surface area contributed by atoms with E-state index in [1.165, 1.54) is 11.3 Å². The Balaban J connectivity index is 2.44. The number of rotatable bonds is 8. The number of aliphatic carboxylic acids is 1. The molecule has 0 aliphatic heterocycles. The first kappa shape index (κ1) is 15.5. The van der Waals surface area contributed by atoms with Crippen molar-refractivity contribution >= 4 is 11.7 Å². The summed E-state index contributed by atoms with van der Waals surface area (Å²) >= 11 is 0. The lowest BCUT2D eigenvalue weighted by Crippen LogP contribution is -2.18. The van der Waals surface area contributed by atoms with Crippen molar-refractivity contribution in [3.8, 4) is 0 Å². The van der Waals surface area contributed by atoms with E-state index in [0.29, 0.717) is 5.92 Å². The maximum Gasteiger partial charge on any atom is 0.303 e. The Morgan fingerprint density at radius 1 is 1.26 bits per heavy atom. The molecule has 0 aromatic heterocycles. The van der Waals surface area contributed by atoms with Crippen LogP contribution in [0.4, 0.5) is 5.69 Å². The molecule has 0 aliphatic carbocycles. The van der Waals surface area contributed by atoms with E-state index in [2.05, 4.69) is 50.1 Å². The zero-order chi connectivity index (χ0) is 14.3. The highest BCUT2D eigenvalue weighted by atomic mass is 16.4. The lowest BCUT2D eigenvalue weighted by atomic mass is 9.98. The van der Waals surface area contributed by atoms with Crippen LogP contribution < -0.4 is 4.90 Å². The topological polar surface area (TPSA) is 40.5 Å². The van der Waals surface area contributed by atoms with E-state index in [1.807, 2.05) is 0 Å². The molecule has 0 fully saturated rings. The molecule has 0 bridgehead atoms. The van der Waals surface area contributed by atoms with Crippen molar-refractivity contribution in [2.75, 3.05) is 18.5 Å². The number of benzene rings is 1. The van der Waals surface area contributed by atoms with Crippen molar-refractivity contribution in [2.45, 2.75) is 45.4 Å². The van der Waals surface area contributed by atoms with Gasteiger partial charge in [-0.15, -0.1) is 0 Å². The van der Waals surface area contributed by atoms with Crippen LogP contribution in [-0.2, 0) is 4.79 Å². The molecular formula is C16H25NO2. The molecule has 0 aliphatic rings. The number of hydrogen-bond donors (Lipinski definition) is 1. The van der Waals surface area contributed by atoms with Gasteiger partial charge in [-0.1, -0.05) is 26.0 Å². The first-order valence-corrected chi connectivity index (χ1v) is 7.07. The SMILES string of the molecule is CCC(C)c1ccc(N(C)CCCCC(=O)O)cc1. The zero-order valence-corrected chi connectivity index (χ0v) is 12.2. The van der Waals surface area contributed by atoms with Crippen molar-refractivity contribution < 1.29 is 9.90 Å². The maximum absolute atomic E-state index is 10.4. The molecule has 1 atom stereocenters. The van der Waals surface area contributed by atoms with Crippen LogP contribution in [0.1, 0.15) is 51.0 Å². The number of anilines is 1. The van der Waals surface area contributed by atoms with E-state index in [0.717, 1.165) is 25.8 Å². The fourth-order valence-corrected chi connectivity index (χ4v) is 2.05. The van der Waals surface area contributed by atoms with E-state index in [-0.39, 0.29) is 6.42 Å². The predicted octanol–water partition coefficient (Wildman–Crippen LogP) is 3.89. The minimum atomic E-state index is -0.708. The molecule has 1 aromatic carbocycles. The van der Waals surface area contributed by atoms with Crippen LogP contribution in [0, 0.1) is 0 Å². The largest absolute Gasteiger partial charge is 0.481 e. The molecule has 1 rings (SSSR count). The zero-order valence-electron chi connectivity index (χ0n) is 12.2. The maximum atomic E-state index is 10.4. The Morgan fingerprint density at radius 3 is 2.42 bits per heavy atom. The Morgan fingerprint density at radius 2 is 1.89 bits per heavy atom. The first-order chi connectivity index (χ1) is 9.04. The van der Waals surface area contributed by atoms with Gasteiger partial charge >= 0.3 is 5.97 Å². The van der Waals surface area contributed by atoms with Crippen molar-refractivity contribution in [3.63, 3.8) is 0 Å². The van der Waals surface area contributed by atoms with Crippen molar-refractivity contribution in [2.24, 2.45) is 0 Å². The van der Waals surface area contributed by atoms with Crippen LogP contribution in [0.2, 0.25) is 0 Å². The molecule has 3 nitrogen and oxygen atoms in total. The molecule has 1 unspecified atom stereocenters. The molecule has 0 radical (unpaired) electrons. The van der Waals surface area contributed by atoms with Gasteiger partial charge in [0.25, 0.3) is 0 Å². The van der Waals surface area contributed by atoms with Gasteiger partial charge in [-0.25, -0.2) is 0 Å². The van der Waals surface area contributed by atoms with E-state index in [4.69, 9.17) is 5.11 Å². The van der Waals surface area contributed by atoms with Crippen LogP contribution in [0.25, 0.3) is 0 Å². The van der Waals surface area contributed by atoms with Gasteiger partial charge in [0.1, 0.15) is 0 Å². The summed E-state index contributed by atoms with van der Waals surface area (Å²) < 4.78 is 0. The Hall–Kier alpha value is -1.51. The van der Waals surface area contributed by atoms with Crippen molar-refractivity contribution in [1.82, 2.24) is 0 Å². The van der Waals surface area contributed by atoms with Gasteiger partial charge in [-0.05, 0) is 42.9 Å². The van der Waals surface area contributed by atoms with Gasteiger partial charge in [0, 0.05) is 25.7 Å². The number of carboxylic acids is 1.